The smallest absolute Gasteiger partial charge is 0.207 e. The zero-order valence-electron chi connectivity index (χ0n) is 9.71. The molecule has 0 aliphatic carbocycles. The second-order valence-electron chi connectivity index (χ2n) is 4.43. The van der Waals surface area contributed by atoms with Crippen LogP contribution in [0, 0.1) is 0 Å². The number of benzene rings is 1. The quantitative estimate of drug-likeness (QED) is 0.736. The van der Waals surface area contributed by atoms with E-state index >= 15 is 0 Å². The molecule has 2 heteroatoms. The van der Waals surface area contributed by atoms with E-state index in [1.165, 1.54) is 5.56 Å². The van der Waals surface area contributed by atoms with Crippen LogP contribution in [-0.2, 0) is 16.8 Å². The molecule has 0 aliphatic heterocycles. The van der Waals surface area contributed by atoms with Crippen LogP contribution in [0.2, 0.25) is 0 Å². The number of carbonyl (C=O) groups excluding carboxylic acids is 1. The molecule has 0 saturated heterocycles. The summed E-state index contributed by atoms with van der Waals surface area (Å²) < 4.78 is 0. The van der Waals surface area contributed by atoms with Gasteiger partial charge in [-0.1, -0.05) is 45.0 Å². The van der Waals surface area contributed by atoms with Crippen molar-refractivity contribution in [3.8, 4) is 0 Å². The highest BCUT2D eigenvalue weighted by atomic mass is 16.1. The van der Waals surface area contributed by atoms with Gasteiger partial charge in [-0.25, -0.2) is 0 Å². The molecule has 0 aromatic heterocycles. The Labute approximate surface area is 91.7 Å². The summed E-state index contributed by atoms with van der Waals surface area (Å²) >= 11 is 0. The van der Waals surface area contributed by atoms with Crippen molar-refractivity contribution < 1.29 is 4.79 Å². The summed E-state index contributed by atoms with van der Waals surface area (Å²) in [5.74, 6) is 0. The fourth-order valence-corrected chi connectivity index (χ4v) is 1.44. The normalized spacial score (nSPS) is 11.1. The molecule has 0 fully saturated rings. The van der Waals surface area contributed by atoms with Crippen LogP contribution in [0.5, 0.6) is 0 Å². The molecule has 82 valence electrons. The number of carbonyl (C=O) groups is 1. The van der Waals surface area contributed by atoms with Crippen molar-refractivity contribution in [3.05, 3.63) is 35.4 Å². The van der Waals surface area contributed by atoms with E-state index in [-0.39, 0.29) is 5.41 Å². The number of nitrogens with one attached hydrogen (secondary N) is 1. The predicted molar refractivity (Wildman–Crippen MR) is 62.7 cm³/mol. The molecule has 1 amide bonds. The predicted octanol–water partition coefficient (Wildman–Crippen LogP) is 2.62. The highest BCUT2D eigenvalue weighted by molar-refractivity contribution is 5.46. The molecule has 2 nitrogen and oxygen atoms in total. The van der Waals surface area contributed by atoms with E-state index in [1.54, 1.807) is 0 Å². The third-order valence-electron chi connectivity index (χ3n) is 3.01. The summed E-state index contributed by atoms with van der Waals surface area (Å²) in [6.45, 7) is 7.29. The van der Waals surface area contributed by atoms with Gasteiger partial charge in [-0.15, -0.1) is 0 Å². The zero-order chi connectivity index (χ0) is 11.3. The maximum Gasteiger partial charge on any atom is 0.207 e. The Bertz CT molecular complexity index is 314. The minimum Gasteiger partial charge on any atom is -0.355 e. The van der Waals surface area contributed by atoms with Gasteiger partial charge in [0.15, 0.2) is 0 Å². The lowest BCUT2D eigenvalue weighted by Gasteiger charge is -2.23. The molecule has 0 aliphatic rings. The lowest BCUT2D eigenvalue weighted by molar-refractivity contribution is -0.109. The second kappa shape index (κ2) is 4.96. The first-order valence-corrected chi connectivity index (χ1v) is 5.36. The van der Waals surface area contributed by atoms with Crippen molar-refractivity contribution in [2.24, 2.45) is 0 Å². The second-order valence-corrected chi connectivity index (χ2v) is 4.43. The SMILES string of the molecule is CCC(C)(C)c1ccc(CNC=O)cc1. The van der Waals surface area contributed by atoms with Gasteiger partial charge in [-0.3, -0.25) is 4.79 Å². The average Bonchev–Trinajstić information content (AvgIpc) is 2.27. The third kappa shape index (κ3) is 3.08. The topological polar surface area (TPSA) is 29.1 Å². The third-order valence-corrected chi connectivity index (χ3v) is 3.01. The number of hydrogen-bond acceptors (Lipinski definition) is 1. The lowest BCUT2D eigenvalue weighted by Crippen LogP contribution is -2.15. The number of hydrogen-bond donors (Lipinski definition) is 1. The Kier molecular flexibility index (Phi) is 3.89. The molecule has 1 aromatic rings. The molecule has 1 rings (SSSR count). The molecule has 0 unspecified atom stereocenters. The van der Waals surface area contributed by atoms with Gasteiger partial charge in [0.25, 0.3) is 0 Å². The van der Waals surface area contributed by atoms with Crippen LogP contribution < -0.4 is 5.32 Å². The van der Waals surface area contributed by atoms with Gasteiger partial charge in [-0.2, -0.15) is 0 Å². The van der Waals surface area contributed by atoms with Crippen molar-refractivity contribution in [1.82, 2.24) is 5.32 Å². The first-order valence-electron chi connectivity index (χ1n) is 5.36. The van der Waals surface area contributed by atoms with Gasteiger partial charge in [0.2, 0.25) is 6.41 Å². The summed E-state index contributed by atoms with van der Waals surface area (Å²) in [6.07, 6.45) is 1.85. The fourth-order valence-electron chi connectivity index (χ4n) is 1.44. The molecule has 0 saturated carbocycles. The molecular formula is C13H19NO. The van der Waals surface area contributed by atoms with Crippen LogP contribution in [0.3, 0.4) is 0 Å². The number of amides is 1. The maximum atomic E-state index is 10.1. The standard InChI is InChI=1S/C13H19NO/c1-4-13(2,3)12-7-5-11(6-8-12)9-14-10-15/h5-8,10H,4,9H2,1-3H3,(H,14,15). The monoisotopic (exact) mass is 205 g/mol. The zero-order valence-corrected chi connectivity index (χ0v) is 9.71. The first kappa shape index (κ1) is 11.8. The van der Waals surface area contributed by atoms with Gasteiger partial charge in [-0.05, 0) is 23.0 Å². The van der Waals surface area contributed by atoms with Crippen molar-refractivity contribution in [2.75, 3.05) is 0 Å². The van der Waals surface area contributed by atoms with Crippen molar-refractivity contribution in [2.45, 2.75) is 39.2 Å². The van der Waals surface area contributed by atoms with Crippen LogP contribution in [0.15, 0.2) is 24.3 Å². The molecule has 15 heavy (non-hydrogen) atoms. The van der Waals surface area contributed by atoms with Gasteiger partial charge in [0, 0.05) is 6.54 Å². The number of rotatable bonds is 5. The molecule has 0 bridgehead atoms. The largest absolute Gasteiger partial charge is 0.355 e. The van der Waals surface area contributed by atoms with Gasteiger partial charge < -0.3 is 5.32 Å². The minimum absolute atomic E-state index is 0.233. The van der Waals surface area contributed by atoms with Crippen molar-refractivity contribution in [1.29, 1.82) is 0 Å². The van der Waals surface area contributed by atoms with Crippen LogP contribution in [0.1, 0.15) is 38.3 Å². The van der Waals surface area contributed by atoms with Crippen LogP contribution in [0.4, 0.5) is 0 Å². The van der Waals surface area contributed by atoms with E-state index in [1.807, 2.05) is 0 Å². The van der Waals surface area contributed by atoms with Crippen LogP contribution >= 0.6 is 0 Å². The lowest BCUT2D eigenvalue weighted by atomic mass is 9.82. The Morgan fingerprint density at radius 1 is 1.27 bits per heavy atom. The minimum atomic E-state index is 0.233. The summed E-state index contributed by atoms with van der Waals surface area (Å²) in [5.41, 5.74) is 2.72. The molecule has 1 N–H and O–H groups in total. The Morgan fingerprint density at radius 3 is 2.33 bits per heavy atom. The summed E-state index contributed by atoms with van der Waals surface area (Å²) in [7, 11) is 0. The Hall–Kier alpha value is -1.31. The van der Waals surface area contributed by atoms with E-state index in [4.69, 9.17) is 0 Å². The molecular weight excluding hydrogens is 186 g/mol. The first-order chi connectivity index (χ1) is 7.10. The van der Waals surface area contributed by atoms with E-state index < -0.39 is 0 Å². The van der Waals surface area contributed by atoms with E-state index in [0.29, 0.717) is 6.54 Å². The molecule has 0 heterocycles. The summed E-state index contributed by atoms with van der Waals surface area (Å²) in [5, 5.41) is 2.66. The molecule has 0 radical (unpaired) electrons. The van der Waals surface area contributed by atoms with Gasteiger partial charge >= 0.3 is 0 Å². The molecule has 1 aromatic carbocycles. The average molecular weight is 205 g/mol. The maximum absolute atomic E-state index is 10.1. The van der Waals surface area contributed by atoms with E-state index in [0.717, 1.165) is 18.4 Å². The van der Waals surface area contributed by atoms with E-state index in [2.05, 4.69) is 50.4 Å². The summed E-state index contributed by atoms with van der Waals surface area (Å²) in [6, 6.07) is 8.43. The molecule has 0 atom stereocenters. The van der Waals surface area contributed by atoms with Crippen molar-refractivity contribution in [3.63, 3.8) is 0 Å². The van der Waals surface area contributed by atoms with E-state index in [9.17, 15) is 4.79 Å². The Morgan fingerprint density at radius 2 is 1.87 bits per heavy atom. The van der Waals surface area contributed by atoms with Gasteiger partial charge in [0.05, 0.1) is 0 Å². The summed E-state index contributed by atoms with van der Waals surface area (Å²) in [4.78, 5) is 10.1. The molecule has 0 spiro atoms. The highest BCUT2D eigenvalue weighted by Crippen LogP contribution is 2.26. The fraction of sp³-hybridized carbons (Fsp3) is 0.462. The van der Waals surface area contributed by atoms with Crippen molar-refractivity contribution >= 4 is 6.41 Å². The Balaban J connectivity index is 2.76. The van der Waals surface area contributed by atoms with Crippen LogP contribution in [0.25, 0.3) is 0 Å². The van der Waals surface area contributed by atoms with Crippen LogP contribution in [-0.4, -0.2) is 6.41 Å². The highest BCUT2D eigenvalue weighted by Gasteiger charge is 2.17. The van der Waals surface area contributed by atoms with Gasteiger partial charge in [0.1, 0.15) is 0 Å².